The Morgan fingerprint density at radius 3 is 2.48 bits per heavy atom. The van der Waals surface area contributed by atoms with Gasteiger partial charge in [0.2, 0.25) is 0 Å². The van der Waals surface area contributed by atoms with Crippen molar-refractivity contribution in [2.75, 3.05) is 0 Å². The van der Waals surface area contributed by atoms with Gasteiger partial charge in [0.1, 0.15) is 11.4 Å². The van der Waals surface area contributed by atoms with Crippen LogP contribution in [0.15, 0.2) is 29.4 Å². The minimum atomic E-state index is -3.83. The molecule has 2 heterocycles. The Bertz CT molecular complexity index is 1050. The summed E-state index contributed by atoms with van der Waals surface area (Å²) in [4.78, 5) is 4.24. The molecule has 1 aliphatic rings. The molecule has 29 heavy (non-hydrogen) atoms. The van der Waals surface area contributed by atoms with Crippen LogP contribution in [0.5, 0.6) is 5.75 Å². The molecule has 8 heteroatoms. The number of benzene rings is 1. The molecule has 6 nitrogen and oxygen atoms in total. The van der Waals surface area contributed by atoms with E-state index in [1.807, 2.05) is 32.9 Å². The van der Waals surface area contributed by atoms with Gasteiger partial charge in [-0.2, -0.15) is 0 Å². The number of thiocarbonyl (C=S) groups is 1. The minimum absolute atomic E-state index is 0.0633. The first kappa shape index (κ1) is 21.5. The van der Waals surface area contributed by atoms with Crippen LogP contribution in [0.25, 0.3) is 0 Å². The number of hydrogen-bond acceptors (Lipinski definition) is 5. The highest BCUT2D eigenvalue weighted by molar-refractivity contribution is 7.92. The number of rotatable bonds is 4. The van der Waals surface area contributed by atoms with Crippen LogP contribution in [0.4, 0.5) is 0 Å². The molecule has 0 fully saturated rings. The lowest BCUT2D eigenvalue weighted by Crippen LogP contribution is -2.40. The summed E-state index contributed by atoms with van der Waals surface area (Å²) in [6.07, 6.45) is 4.97. The van der Waals surface area contributed by atoms with Gasteiger partial charge in [-0.05, 0) is 99.6 Å². The zero-order valence-electron chi connectivity index (χ0n) is 17.4. The van der Waals surface area contributed by atoms with Crippen LogP contribution in [0.3, 0.4) is 0 Å². The first-order valence-electron chi connectivity index (χ1n) is 9.53. The zero-order chi connectivity index (χ0) is 21.4. The van der Waals surface area contributed by atoms with Crippen molar-refractivity contribution < 1.29 is 13.2 Å². The number of nitrogens with one attached hydrogen (secondary N) is 2. The molecule has 0 radical (unpaired) electrons. The van der Waals surface area contributed by atoms with Crippen LogP contribution >= 0.6 is 12.2 Å². The maximum atomic E-state index is 13.2. The van der Waals surface area contributed by atoms with E-state index in [9.17, 15) is 8.42 Å². The third-order valence-corrected chi connectivity index (χ3v) is 7.36. The standard InChI is InChI=1S/C21H27N3O3S2/c1-13-14(2)19(15(3)17-6-9-21(4,5)27-18(13)17)29(25,26)24-20(28)23-12-16-7-10-22-11-8-16/h7-8,10-11H,6,9,12H2,1-5H3,(H2,23,24,28). The summed E-state index contributed by atoms with van der Waals surface area (Å²) in [7, 11) is -3.83. The van der Waals surface area contributed by atoms with E-state index >= 15 is 0 Å². The molecule has 156 valence electrons. The van der Waals surface area contributed by atoms with Crippen molar-refractivity contribution in [1.82, 2.24) is 15.0 Å². The number of ether oxygens (including phenoxy) is 1. The van der Waals surface area contributed by atoms with E-state index in [4.69, 9.17) is 17.0 Å². The maximum Gasteiger partial charge on any atom is 0.264 e. The fourth-order valence-electron chi connectivity index (χ4n) is 3.64. The van der Waals surface area contributed by atoms with Crippen LogP contribution in [0.1, 0.15) is 48.1 Å². The highest BCUT2D eigenvalue weighted by Crippen LogP contribution is 2.42. The zero-order valence-corrected chi connectivity index (χ0v) is 19.1. The molecule has 0 aliphatic carbocycles. The smallest absolute Gasteiger partial charge is 0.264 e. The molecule has 2 aromatic rings. The van der Waals surface area contributed by atoms with Crippen LogP contribution in [0.2, 0.25) is 0 Å². The van der Waals surface area contributed by atoms with Crippen molar-refractivity contribution in [2.45, 2.75) is 64.5 Å². The summed E-state index contributed by atoms with van der Waals surface area (Å²) < 4.78 is 35.0. The minimum Gasteiger partial charge on any atom is -0.487 e. The van der Waals surface area contributed by atoms with Gasteiger partial charge < -0.3 is 10.1 Å². The van der Waals surface area contributed by atoms with E-state index in [1.165, 1.54) is 0 Å². The molecule has 0 spiro atoms. The number of fused-ring (bicyclic) bond motifs is 1. The second-order valence-electron chi connectivity index (χ2n) is 8.02. The Morgan fingerprint density at radius 2 is 1.83 bits per heavy atom. The highest BCUT2D eigenvalue weighted by Gasteiger charge is 2.33. The van der Waals surface area contributed by atoms with Gasteiger partial charge in [-0.1, -0.05) is 0 Å². The molecule has 0 saturated heterocycles. The second-order valence-corrected chi connectivity index (χ2v) is 10.0. The topological polar surface area (TPSA) is 80.3 Å². The Labute approximate surface area is 178 Å². The van der Waals surface area contributed by atoms with Gasteiger partial charge in [0.05, 0.1) is 4.90 Å². The van der Waals surface area contributed by atoms with Crippen LogP contribution in [-0.2, 0) is 23.0 Å². The molecule has 1 aromatic heterocycles. The molecule has 0 bridgehead atoms. The Kier molecular flexibility index (Phi) is 5.87. The van der Waals surface area contributed by atoms with Crippen LogP contribution in [0, 0.1) is 20.8 Å². The van der Waals surface area contributed by atoms with Gasteiger partial charge >= 0.3 is 0 Å². The van der Waals surface area contributed by atoms with Crippen molar-refractivity contribution in [1.29, 1.82) is 0 Å². The van der Waals surface area contributed by atoms with E-state index in [-0.39, 0.29) is 15.6 Å². The van der Waals surface area contributed by atoms with Gasteiger partial charge in [-0.25, -0.2) is 8.42 Å². The van der Waals surface area contributed by atoms with Crippen LogP contribution in [-0.4, -0.2) is 24.1 Å². The quantitative estimate of drug-likeness (QED) is 0.719. The predicted octanol–water partition coefficient (Wildman–Crippen LogP) is 3.46. The van der Waals surface area contributed by atoms with Crippen molar-refractivity contribution in [3.05, 3.63) is 52.3 Å². The third-order valence-electron chi connectivity index (χ3n) is 5.36. The van der Waals surface area contributed by atoms with E-state index in [2.05, 4.69) is 28.9 Å². The molecule has 1 aromatic carbocycles. The lowest BCUT2D eigenvalue weighted by Gasteiger charge is -2.35. The van der Waals surface area contributed by atoms with Crippen molar-refractivity contribution >= 4 is 27.4 Å². The molecule has 0 atom stereocenters. The number of sulfonamides is 1. The summed E-state index contributed by atoms with van der Waals surface area (Å²) in [5.74, 6) is 0.814. The molecule has 3 rings (SSSR count). The van der Waals surface area contributed by atoms with E-state index in [0.717, 1.165) is 40.8 Å². The lowest BCUT2D eigenvalue weighted by molar-refractivity contribution is 0.0832. The summed E-state index contributed by atoms with van der Waals surface area (Å²) in [6.45, 7) is 10.1. The normalized spacial score (nSPS) is 15.2. The summed E-state index contributed by atoms with van der Waals surface area (Å²) in [5, 5.41) is 3.00. The number of aromatic nitrogens is 1. The molecular formula is C21H27N3O3S2. The monoisotopic (exact) mass is 433 g/mol. The Balaban J connectivity index is 1.87. The van der Waals surface area contributed by atoms with E-state index < -0.39 is 10.0 Å². The molecular weight excluding hydrogens is 406 g/mol. The maximum absolute atomic E-state index is 13.2. The van der Waals surface area contributed by atoms with Crippen LogP contribution < -0.4 is 14.8 Å². The average Bonchev–Trinajstić information content (AvgIpc) is 2.64. The lowest BCUT2D eigenvalue weighted by atomic mass is 9.88. The highest BCUT2D eigenvalue weighted by atomic mass is 32.2. The van der Waals surface area contributed by atoms with Gasteiger partial charge in [0, 0.05) is 18.9 Å². The van der Waals surface area contributed by atoms with Crippen molar-refractivity contribution in [3.8, 4) is 5.75 Å². The van der Waals surface area contributed by atoms with Crippen molar-refractivity contribution in [2.24, 2.45) is 0 Å². The average molecular weight is 434 g/mol. The number of nitrogens with zero attached hydrogens (tertiary/aromatic N) is 1. The number of hydrogen-bond donors (Lipinski definition) is 2. The summed E-state index contributed by atoms with van der Waals surface area (Å²) in [6, 6.07) is 3.68. The molecule has 0 saturated carbocycles. The fourth-order valence-corrected chi connectivity index (χ4v) is 5.55. The molecule has 2 N–H and O–H groups in total. The van der Waals surface area contributed by atoms with Gasteiger partial charge in [0.15, 0.2) is 5.11 Å². The van der Waals surface area contributed by atoms with E-state index in [1.54, 1.807) is 12.4 Å². The summed E-state index contributed by atoms with van der Waals surface area (Å²) >= 11 is 5.23. The SMILES string of the molecule is Cc1c(C)c(S(=O)(=O)NC(=S)NCc2ccncc2)c(C)c2c1OC(C)(C)CC2. The molecule has 0 unspecified atom stereocenters. The fraction of sp³-hybridized carbons (Fsp3) is 0.429. The third kappa shape index (κ3) is 4.53. The molecule has 0 amide bonds. The largest absolute Gasteiger partial charge is 0.487 e. The Hall–Kier alpha value is -2.19. The first-order valence-corrected chi connectivity index (χ1v) is 11.4. The molecule has 1 aliphatic heterocycles. The predicted molar refractivity (Wildman–Crippen MR) is 118 cm³/mol. The second kappa shape index (κ2) is 7.91. The summed E-state index contributed by atoms with van der Waals surface area (Å²) in [5.41, 5.74) is 3.93. The van der Waals surface area contributed by atoms with Gasteiger partial charge in [-0.15, -0.1) is 0 Å². The van der Waals surface area contributed by atoms with Gasteiger partial charge in [-0.3, -0.25) is 9.71 Å². The number of pyridine rings is 1. The first-order chi connectivity index (χ1) is 13.5. The Morgan fingerprint density at radius 1 is 1.17 bits per heavy atom. The van der Waals surface area contributed by atoms with Crippen molar-refractivity contribution in [3.63, 3.8) is 0 Å². The van der Waals surface area contributed by atoms with Gasteiger partial charge in [0.25, 0.3) is 10.0 Å². The van der Waals surface area contributed by atoms with E-state index in [0.29, 0.717) is 12.1 Å².